The Morgan fingerprint density at radius 2 is 0.506 bits per heavy atom. The third-order valence-corrected chi connectivity index (χ3v) is 12.2. The zero-order valence-electron chi connectivity index (χ0n) is 49.1. The van der Waals surface area contributed by atoms with E-state index in [0.717, 1.165) is 173 Å². The molecule has 0 saturated heterocycles. The second-order valence-corrected chi connectivity index (χ2v) is 19.5. The predicted molar refractivity (Wildman–Crippen MR) is 334 cm³/mol. The smallest absolute Gasteiger partial charge is 0.306 e. The molecule has 0 aromatic rings. The SMILES string of the molecule is CC/C=C\C/C=C\C/C=C\C/C=C\C/C=C\C/C=C\C/C=C\CCCCCC(=O)OCC(COC(=O)CCCCCCC/C=C\CCCC)OC(=O)CCCCCC/C=C\C/C=C\C/C=C\C/C=C\C/C=C\C/C=C\CC. The maximum atomic E-state index is 12.9. The van der Waals surface area contributed by atoms with Gasteiger partial charge in [-0.2, -0.15) is 0 Å². The van der Waals surface area contributed by atoms with E-state index in [2.05, 4.69) is 191 Å². The van der Waals surface area contributed by atoms with Gasteiger partial charge in [0, 0.05) is 19.3 Å². The van der Waals surface area contributed by atoms with E-state index in [1.54, 1.807) is 0 Å². The third-order valence-electron chi connectivity index (χ3n) is 12.2. The second-order valence-electron chi connectivity index (χ2n) is 19.5. The molecule has 0 heterocycles. The molecule has 0 rings (SSSR count). The highest BCUT2D eigenvalue weighted by Gasteiger charge is 2.19. The van der Waals surface area contributed by atoms with Gasteiger partial charge in [-0.25, -0.2) is 0 Å². The van der Waals surface area contributed by atoms with Gasteiger partial charge in [0.25, 0.3) is 0 Å². The summed E-state index contributed by atoms with van der Waals surface area (Å²) in [6, 6.07) is 0. The van der Waals surface area contributed by atoms with E-state index in [1.807, 2.05) is 0 Å². The van der Waals surface area contributed by atoms with E-state index in [4.69, 9.17) is 14.2 Å². The lowest BCUT2D eigenvalue weighted by atomic mass is 10.1. The second kappa shape index (κ2) is 63.3. The van der Waals surface area contributed by atoms with Crippen molar-refractivity contribution in [1.82, 2.24) is 0 Å². The Hall–Kier alpha value is -5.23. The summed E-state index contributed by atoms with van der Waals surface area (Å²) in [4.78, 5) is 38.2. The summed E-state index contributed by atoms with van der Waals surface area (Å²) in [5.41, 5.74) is 0. The molecule has 0 bridgehead atoms. The lowest BCUT2D eigenvalue weighted by Crippen LogP contribution is -2.30. The lowest BCUT2D eigenvalue weighted by Gasteiger charge is -2.18. The molecule has 0 aromatic heterocycles. The third kappa shape index (κ3) is 61.5. The Labute approximate surface area is 472 Å². The minimum atomic E-state index is -0.819. The summed E-state index contributed by atoms with van der Waals surface area (Å²) in [5.74, 6) is -0.989. The Kier molecular flexibility index (Phi) is 59.0. The molecular formula is C71H110O6. The van der Waals surface area contributed by atoms with Crippen molar-refractivity contribution in [3.63, 3.8) is 0 Å². The number of rotatable bonds is 53. The first kappa shape index (κ1) is 71.8. The number of carbonyl (C=O) groups excluding carboxylic acids is 3. The van der Waals surface area contributed by atoms with Crippen molar-refractivity contribution in [2.45, 2.75) is 245 Å². The van der Waals surface area contributed by atoms with Gasteiger partial charge in [-0.15, -0.1) is 0 Å². The van der Waals surface area contributed by atoms with Crippen LogP contribution in [0, 0.1) is 0 Å². The van der Waals surface area contributed by atoms with Crippen LogP contribution in [-0.4, -0.2) is 37.2 Å². The number of esters is 3. The highest BCUT2D eigenvalue weighted by molar-refractivity contribution is 5.71. The number of carbonyl (C=O) groups is 3. The van der Waals surface area contributed by atoms with Crippen molar-refractivity contribution >= 4 is 17.9 Å². The molecule has 0 spiro atoms. The zero-order chi connectivity index (χ0) is 55.7. The molecule has 0 aliphatic rings. The minimum Gasteiger partial charge on any atom is -0.462 e. The fraction of sp³-hybridized carbons (Fsp3) is 0.563. The van der Waals surface area contributed by atoms with E-state index in [1.165, 1.54) is 25.7 Å². The van der Waals surface area contributed by atoms with Crippen LogP contribution in [0.4, 0.5) is 0 Å². The van der Waals surface area contributed by atoms with Crippen LogP contribution in [0.5, 0.6) is 0 Å². The average molecular weight is 1060 g/mol. The van der Waals surface area contributed by atoms with Gasteiger partial charge in [0.05, 0.1) is 0 Å². The molecule has 6 nitrogen and oxygen atoms in total. The number of allylic oxidation sites excluding steroid dienone is 28. The maximum Gasteiger partial charge on any atom is 0.306 e. The van der Waals surface area contributed by atoms with Crippen molar-refractivity contribution in [3.05, 3.63) is 170 Å². The van der Waals surface area contributed by atoms with Gasteiger partial charge in [-0.3, -0.25) is 14.4 Å². The number of hydrogen-bond acceptors (Lipinski definition) is 6. The Morgan fingerprint density at radius 1 is 0.273 bits per heavy atom. The van der Waals surface area contributed by atoms with Gasteiger partial charge < -0.3 is 14.2 Å². The van der Waals surface area contributed by atoms with E-state index in [-0.39, 0.29) is 37.5 Å². The molecule has 430 valence electrons. The van der Waals surface area contributed by atoms with Crippen LogP contribution in [0.25, 0.3) is 0 Å². The topological polar surface area (TPSA) is 78.9 Å². The predicted octanol–water partition coefficient (Wildman–Crippen LogP) is 21.1. The maximum absolute atomic E-state index is 12.9. The Morgan fingerprint density at radius 3 is 0.818 bits per heavy atom. The summed E-state index contributed by atoms with van der Waals surface area (Å²) >= 11 is 0. The van der Waals surface area contributed by atoms with Crippen LogP contribution in [0.3, 0.4) is 0 Å². The fourth-order valence-electron chi connectivity index (χ4n) is 7.64. The first-order valence-corrected chi connectivity index (χ1v) is 30.6. The fourth-order valence-corrected chi connectivity index (χ4v) is 7.64. The van der Waals surface area contributed by atoms with E-state index < -0.39 is 6.10 Å². The van der Waals surface area contributed by atoms with Crippen LogP contribution >= 0.6 is 0 Å². The van der Waals surface area contributed by atoms with Crippen molar-refractivity contribution in [2.24, 2.45) is 0 Å². The summed E-state index contributed by atoms with van der Waals surface area (Å²) < 4.78 is 16.8. The number of unbranched alkanes of at least 4 members (excludes halogenated alkanes) is 14. The normalized spacial score (nSPS) is 13.3. The average Bonchev–Trinajstić information content (AvgIpc) is 3.43. The number of hydrogen-bond donors (Lipinski definition) is 0. The van der Waals surface area contributed by atoms with E-state index >= 15 is 0 Å². The van der Waals surface area contributed by atoms with Gasteiger partial charge in [0.2, 0.25) is 0 Å². The van der Waals surface area contributed by atoms with Crippen molar-refractivity contribution < 1.29 is 28.6 Å². The molecular weight excluding hydrogens is 949 g/mol. The van der Waals surface area contributed by atoms with E-state index in [9.17, 15) is 14.4 Å². The molecule has 0 aliphatic carbocycles. The molecule has 1 atom stereocenters. The van der Waals surface area contributed by atoms with Gasteiger partial charge in [0.1, 0.15) is 13.2 Å². The number of ether oxygens (including phenoxy) is 3. The van der Waals surface area contributed by atoms with Crippen LogP contribution < -0.4 is 0 Å². The standard InChI is InChI=1S/C71H110O6/c1-4-7-10-13-16-19-22-24-26-28-30-32-34-35-37-38-40-42-44-46-49-52-55-58-61-64-70(73)76-67-68(66-75-69(72)63-60-57-54-51-48-21-18-15-12-9-6-3)77-71(74)65-62-59-56-53-50-47-45-43-41-39-36-33-31-29-27-25-23-20-17-14-11-8-5-2/h7-8,10-11,15-20,24-27,30-33,35,37,39-42,45-47,49,68H,4-6,9,12-14,21-23,28-29,34,36,38,43-44,48,50-67H2,1-3H3/b10-7-,11-8-,18-15-,19-16-,20-17-,26-24-,27-25-,32-30-,33-31-,37-35-,41-39-,42-40-,47-45-,49-46-. The highest BCUT2D eigenvalue weighted by Crippen LogP contribution is 2.13. The van der Waals surface area contributed by atoms with Gasteiger partial charge in [-0.05, 0) is 148 Å². The molecule has 1 unspecified atom stereocenters. The van der Waals surface area contributed by atoms with Crippen molar-refractivity contribution in [3.8, 4) is 0 Å². The van der Waals surface area contributed by atoms with Crippen LogP contribution in [0.15, 0.2) is 170 Å². The van der Waals surface area contributed by atoms with Crippen LogP contribution in [0.2, 0.25) is 0 Å². The molecule has 0 aromatic carbocycles. The lowest BCUT2D eigenvalue weighted by molar-refractivity contribution is -0.167. The molecule has 6 heteroatoms. The van der Waals surface area contributed by atoms with Crippen molar-refractivity contribution in [1.29, 1.82) is 0 Å². The Bertz CT molecular complexity index is 1790. The van der Waals surface area contributed by atoms with E-state index in [0.29, 0.717) is 12.8 Å². The van der Waals surface area contributed by atoms with Gasteiger partial charge in [0.15, 0.2) is 6.10 Å². The van der Waals surface area contributed by atoms with Gasteiger partial charge >= 0.3 is 17.9 Å². The first-order chi connectivity index (χ1) is 38.0. The quantitative estimate of drug-likeness (QED) is 0.0261. The molecule has 0 saturated carbocycles. The molecule has 77 heavy (non-hydrogen) atoms. The first-order valence-electron chi connectivity index (χ1n) is 30.6. The summed E-state index contributed by atoms with van der Waals surface area (Å²) in [7, 11) is 0. The van der Waals surface area contributed by atoms with Crippen LogP contribution in [-0.2, 0) is 28.6 Å². The van der Waals surface area contributed by atoms with Crippen LogP contribution in [0.1, 0.15) is 239 Å². The highest BCUT2D eigenvalue weighted by atomic mass is 16.6. The van der Waals surface area contributed by atoms with Crippen molar-refractivity contribution in [2.75, 3.05) is 13.2 Å². The molecule has 0 amide bonds. The zero-order valence-corrected chi connectivity index (χ0v) is 49.1. The molecule has 0 N–H and O–H groups in total. The molecule has 0 radical (unpaired) electrons. The van der Waals surface area contributed by atoms with Gasteiger partial charge in [-0.1, -0.05) is 242 Å². The summed E-state index contributed by atoms with van der Waals surface area (Å²) in [6.07, 6.45) is 93.5. The monoisotopic (exact) mass is 1060 g/mol. The summed E-state index contributed by atoms with van der Waals surface area (Å²) in [6.45, 7) is 6.30. The largest absolute Gasteiger partial charge is 0.462 e. The molecule has 0 fully saturated rings. The molecule has 0 aliphatic heterocycles. The summed E-state index contributed by atoms with van der Waals surface area (Å²) in [5, 5.41) is 0. The minimum absolute atomic E-state index is 0.112. The Balaban J connectivity index is 4.48.